The van der Waals surface area contributed by atoms with Gasteiger partial charge in [0.25, 0.3) is 0 Å². The van der Waals surface area contributed by atoms with Gasteiger partial charge in [-0.2, -0.15) is 0 Å². The summed E-state index contributed by atoms with van der Waals surface area (Å²) < 4.78 is 27.9. The highest BCUT2D eigenvalue weighted by molar-refractivity contribution is 5.89. The summed E-state index contributed by atoms with van der Waals surface area (Å²) >= 11 is 0. The first-order valence-corrected chi connectivity index (χ1v) is 15.0. The number of hydrogen-bond acceptors (Lipinski definition) is 7. The maximum absolute atomic E-state index is 11.5. The molecule has 0 amide bonds. The van der Waals surface area contributed by atoms with E-state index in [-0.39, 0.29) is 16.8 Å². The van der Waals surface area contributed by atoms with Crippen molar-refractivity contribution in [3.05, 3.63) is 94.5 Å². The quantitative estimate of drug-likeness (QED) is 0.144. The normalized spacial score (nSPS) is 11.8. The molecule has 7 nitrogen and oxygen atoms in total. The third-order valence-corrected chi connectivity index (χ3v) is 6.96. The standard InChI is InChI=1S/C36H49NO6/c1-35(2,3)30-22-31(36(4,5)6)24-33(23-30)43-21-19-41-17-16-40-18-20-42-32-14-10-28(11-15-32)26-37-25-27-8-12-29(13-9-27)34(38)39-7/h8-15,22-24,37H,16-21,25-26H2,1-7H3. The highest BCUT2D eigenvalue weighted by atomic mass is 16.6. The van der Waals surface area contributed by atoms with Crippen LogP contribution in [-0.4, -0.2) is 52.7 Å². The van der Waals surface area contributed by atoms with Crippen LogP contribution < -0.4 is 14.8 Å². The maximum atomic E-state index is 11.5. The third kappa shape index (κ3) is 12.0. The topological polar surface area (TPSA) is 75.3 Å². The van der Waals surface area contributed by atoms with Crippen LogP contribution in [0.1, 0.15) is 74.2 Å². The number of ether oxygens (including phenoxy) is 5. The minimum atomic E-state index is -0.326. The number of esters is 1. The van der Waals surface area contributed by atoms with Crippen LogP contribution in [0, 0.1) is 0 Å². The average molecular weight is 592 g/mol. The van der Waals surface area contributed by atoms with Crippen molar-refractivity contribution in [3.63, 3.8) is 0 Å². The summed E-state index contributed by atoms with van der Waals surface area (Å²) in [6.07, 6.45) is 0. The molecule has 43 heavy (non-hydrogen) atoms. The van der Waals surface area contributed by atoms with Gasteiger partial charge >= 0.3 is 5.97 Å². The van der Waals surface area contributed by atoms with Crippen LogP contribution in [0.15, 0.2) is 66.7 Å². The lowest BCUT2D eigenvalue weighted by Gasteiger charge is -2.26. The molecule has 3 rings (SSSR count). The van der Waals surface area contributed by atoms with Gasteiger partial charge in [-0.1, -0.05) is 71.9 Å². The molecule has 0 aliphatic rings. The molecule has 0 fully saturated rings. The zero-order chi connectivity index (χ0) is 31.3. The van der Waals surface area contributed by atoms with Crippen molar-refractivity contribution in [1.82, 2.24) is 5.32 Å². The van der Waals surface area contributed by atoms with Crippen molar-refractivity contribution in [3.8, 4) is 11.5 Å². The molecule has 0 saturated carbocycles. The van der Waals surface area contributed by atoms with E-state index in [0.717, 1.165) is 29.2 Å². The molecule has 0 radical (unpaired) electrons. The second-order valence-corrected chi connectivity index (χ2v) is 12.6. The smallest absolute Gasteiger partial charge is 0.337 e. The Kier molecular flexibility index (Phi) is 13.1. The number of rotatable bonds is 16. The monoisotopic (exact) mass is 591 g/mol. The first-order chi connectivity index (χ1) is 20.5. The van der Waals surface area contributed by atoms with Gasteiger partial charge in [-0.3, -0.25) is 0 Å². The Labute approximate surface area is 257 Å². The van der Waals surface area contributed by atoms with Crippen molar-refractivity contribution >= 4 is 5.97 Å². The van der Waals surface area contributed by atoms with E-state index in [1.807, 2.05) is 36.4 Å². The summed E-state index contributed by atoms with van der Waals surface area (Å²) in [7, 11) is 1.38. The molecule has 0 unspecified atom stereocenters. The Hall–Kier alpha value is -3.39. The van der Waals surface area contributed by atoms with E-state index in [0.29, 0.717) is 51.7 Å². The summed E-state index contributed by atoms with van der Waals surface area (Å²) in [5, 5.41) is 3.41. The molecule has 3 aromatic rings. The number of hydrogen-bond donors (Lipinski definition) is 1. The minimum Gasteiger partial charge on any atom is -0.491 e. The molecule has 0 atom stereocenters. The van der Waals surface area contributed by atoms with Crippen LogP contribution in [0.3, 0.4) is 0 Å². The number of benzene rings is 3. The van der Waals surface area contributed by atoms with Gasteiger partial charge in [-0.05, 0) is 69.5 Å². The summed E-state index contributed by atoms with van der Waals surface area (Å²) in [5.74, 6) is 1.37. The van der Waals surface area contributed by atoms with Gasteiger partial charge < -0.3 is 29.0 Å². The molecular formula is C36H49NO6. The van der Waals surface area contributed by atoms with Gasteiger partial charge in [0.05, 0.1) is 39.1 Å². The summed E-state index contributed by atoms with van der Waals surface area (Å²) in [6, 6.07) is 22.0. The Balaban J connectivity index is 1.24. The Morgan fingerprint density at radius 2 is 1.05 bits per heavy atom. The highest BCUT2D eigenvalue weighted by Gasteiger charge is 2.21. The zero-order valence-electron chi connectivity index (χ0n) is 27.0. The van der Waals surface area contributed by atoms with E-state index >= 15 is 0 Å². The predicted octanol–water partition coefficient (Wildman–Crippen LogP) is 6.85. The Morgan fingerprint density at radius 1 is 0.605 bits per heavy atom. The van der Waals surface area contributed by atoms with E-state index < -0.39 is 0 Å². The van der Waals surface area contributed by atoms with Crippen molar-refractivity contribution in [2.45, 2.75) is 65.5 Å². The molecule has 0 heterocycles. The molecule has 0 aromatic heterocycles. The number of nitrogens with one attached hydrogen (secondary N) is 1. The fourth-order valence-electron chi connectivity index (χ4n) is 4.24. The molecule has 0 spiro atoms. The molecule has 0 saturated heterocycles. The van der Waals surface area contributed by atoms with E-state index in [1.165, 1.54) is 18.2 Å². The fourth-order valence-corrected chi connectivity index (χ4v) is 4.24. The summed E-state index contributed by atoms with van der Waals surface area (Å²) in [5.41, 5.74) is 5.48. The molecule has 0 aliphatic carbocycles. The van der Waals surface area contributed by atoms with Gasteiger partial charge in [-0.15, -0.1) is 0 Å². The summed E-state index contributed by atoms with van der Waals surface area (Å²) in [4.78, 5) is 11.5. The van der Waals surface area contributed by atoms with Crippen LogP contribution in [0.5, 0.6) is 11.5 Å². The van der Waals surface area contributed by atoms with Crippen LogP contribution in [0.2, 0.25) is 0 Å². The van der Waals surface area contributed by atoms with Gasteiger partial charge in [0.15, 0.2) is 0 Å². The number of carbonyl (C=O) groups is 1. The third-order valence-electron chi connectivity index (χ3n) is 6.96. The predicted molar refractivity (Wildman–Crippen MR) is 171 cm³/mol. The molecule has 234 valence electrons. The Bertz CT molecular complexity index is 1220. The fraction of sp³-hybridized carbons (Fsp3) is 0.472. The first kappa shape index (κ1) is 34.1. The zero-order valence-corrected chi connectivity index (χ0v) is 27.0. The number of methoxy groups -OCH3 is 1. The molecule has 3 aromatic carbocycles. The van der Waals surface area contributed by atoms with Gasteiger partial charge in [0.1, 0.15) is 24.7 Å². The lowest BCUT2D eigenvalue weighted by atomic mass is 9.80. The van der Waals surface area contributed by atoms with Crippen molar-refractivity contribution in [2.24, 2.45) is 0 Å². The second kappa shape index (κ2) is 16.5. The van der Waals surface area contributed by atoms with E-state index in [2.05, 4.69) is 65.1 Å². The minimum absolute atomic E-state index is 0.0579. The van der Waals surface area contributed by atoms with Crippen molar-refractivity contribution in [1.29, 1.82) is 0 Å². The van der Waals surface area contributed by atoms with Crippen molar-refractivity contribution in [2.75, 3.05) is 46.8 Å². The molecule has 7 heteroatoms. The first-order valence-electron chi connectivity index (χ1n) is 15.0. The molecule has 0 aliphatic heterocycles. The largest absolute Gasteiger partial charge is 0.491 e. The van der Waals surface area contributed by atoms with Gasteiger partial charge in [0, 0.05) is 13.1 Å². The van der Waals surface area contributed by atoms with Crippen LogP contribution >= 0.6 is 0 Å². The molecular weight excluding hydrogens is 542 g/mol. The lowest BCUT2D eigenvalue weighted by Crippen LogP contribution is -2.17. The summed E-state index contributed by atoms with van der Waals surface area (Å²) in [6.45, 7) is 17.8. The second-order valence-electron chi connectivity index (χ2n) is 12.6. The molecule has 0 bridgehead atoms. The maximum Gasteiger partial charge on any atom is 0.337 e. The Morgan fingerprint density at radius 3 is 1.51 bits per heavy atom. The SMILES string of the molecule is COC(=O)c1ccc(CNCc2ccc(OCCOCCOCCOc3cc(C(C)(C)C)cc(C(C)(C)C)c3)cc2)cc1. The van der Waals surface area contributed by atoms with E-state index in [4.69, 9.17) is 23.7 Å². The van der Waals surface area contributed by atoms with Crippen molar-refractivity contribution < 1.29 is 28.5 Å². The van der Waals surface area contributed by atoms with Crippen LogP contribution in [-0.2, 0) is 38.1 Å². The van der Waals surface area contributed by atoms with Crippen LogP contribution in [0.25, 0.3) is 0 Å². The van der Waals surface area contributed by atoms with E-state index in [1.54, 1.807) is 12.1 Å². The van der Waals surface area contributed by atoms with Gasteiger partial charge in [0.2, 0.25) is 0 Å². The highest BCUT2D eigenvalue weighted by Crippen LogP contribution is 2.32. The average Bonchev–Trinajstić information content (AvgIpc) is 2.97. The number of carbonyl (C=O) groups excluding carboxylic acids is 1. The van der Waals surface area contributed by atoms with Gasteiger partial charge in [-0.25, -0.2) is 4.79 Å². The molecule has 1 N–H and O–H groups in total. The van der Waals surface area contributed by atoms with Crippen LogP contribution in [0.4, 0.5) is 0 Å². The van der Waals surface area contributed by atoms with E-state index in [9.17, 15) is 4.79 Å². The lowest BCUT2D eigenvalue weighted by molar-refractivity contribution is 0.0273.